The Balaban J connectivity index is 1.91. The van der Waals surface area contributed by atoms with Crippen LogP contribution in [0.25, 0.3) is 5.65 Å². The Hall–Kier alpha value is -2.49. The van der Waals surface area contributed by atoms with Crippen molar-refractivity contribution in [3.63, 3.8) is 0 Å². The molecule has 0 aliphatic heterocycles. The fourth-order valence-corrected chi connectivity index (χ4v) is 2.29. The molecular weight excluding hydrogens is 236 g/mol. The molecule has 0 fully saturated rings. The smallest absolute Gasteiger partial charge is 0.138 e. The van der Waals surface area contributed by atoms with Crippen LogP contribution in [0.2, 0.25) is 0 Å². The van der Waals surface area contributed by atoms with Crippen LogP contribution in [0.1, 0.15) is 5.56 Å². The molecule has 2 N–H and O–H groups in total. The third kappa shape index (κ3) is 2.25. The van der Waals surface area contributed by atoms with Crippen molar-refractivity contribution in [3.8, 4) is 0 Å². The Bertz CT molecular complexity index is 702. The number of nitrogens with two attached hydrogens (primary N) is 1. The maximum absolute atomic E-state index is 5.81. The number of rotatable bonds is 3. The van der Waals surface area contributed by atoms with E-state index in [0.29, 0.717) is 0 Å². The highest BCUT2D eigenvalue weighted by atomic mass is 15.2. The molecule has 3 rings (SSSR count). The van der Waals surface area contributed by atoms with Gasteiger partial charge in [0.15, 0.2) is 0 Å². The second kappa shape index (κ2) is 4.65. The van der Waals surface area contributed by atoms with Gasteiger partial charge in [-0.25, -0.2) is 4.98 Å². The molecule has 0 bridgehead atoms. The predicted molar refractivity (Wildman–Crippen MR) is 78.2 cm³/mol. The normalized spacial score (nSPS) is 10.8. The van der Waals surface area contributed by atoms with Gasteiger partial charge in [0.25, 0.3) is 0 Å². The minimum Gasteiger partial charge on any atom is -0.399 e. The molecule has 0 atom stereocenters. The van der Waals surface area contributed by atoms with Gasteiger partial charge in [0.1, 0.15) is 11.5 Å². The topological polar surface area (TPSA) is 46.6 Å². The molecule has 1 aromatic carbocycles. The Morgan fingerprint density at radius 1 is 1.21 bits per heavy atom. The number of pyridine rings is 1. The number of imidazole rings is 1. The first-order chi connectivity index (χ1) is 9.24. The fourth-order valence-electron chi connectivity index (χ4n) is 2.29. The van der Waals surface area contributed by atoms with Crippen LogP contribution >= 0.6 is 0 Å². The Morgan fingerprint density at radius 3 is 2.89 bits per heavy atom. The van der Waals surface area contributed by atoms with Crippen molar-refractivity contribution < 1.29 is 0 Å². The van der Waals surface area contributed by atoms with E-state index in [1.54, 1.807) is 0 Å². The zero-order valence-electron chi connectivity index (χ0n) is 10.8. The van der Waals surface area contributed by atoms with E-state index in [1.165, 1.54) is 5.56 Å². The summed E-state index contributed by atoms with van der Waals surface area (Å²) in [5.41, 5.74) is 8.76. The predicted octanol–water partition coefficient (Wildman–Crippen LogP) is 2.55. The Labute approximate surface area is 112 Å². The van der Waals surface area contributed by atoms with Crippen molar-refractivity contribution in [2.75, 3.05) is 17.7 Å². The van der Waals surface area contributed by atoms with E-state index in [-0.39, 0.29) is 0 Å². The van der Waals surface area contributed by atoms with Gasteiger partial charge in [-0.1, -0.05) is 18.2 Å². The first kappa shape index (κ1) is 11.6. The molecule has 3 aromatic rings. The molecule has 4 heteroatoms. The molecule has 2 aromatic heterocycles. The minimum atomic E-state index is 0.798. The summed E-state index contributed by atoms with van der Waals surface area (Å²) in [6.07, 6.45) is 3.79. The maximum atomic E-state index is 5.81. The first-order valence-corrected chi connectivity index (χ1v) is 6.22. The largest absolute Gasteiger partial charge is 0.399 e. The van der Waals surface area contributed by atoms with Gasteiger partial charge in [-0.05, 0) is 29.8 Å². The lowest BCUT2D eigenvalue weighted by Crippen LogP contribution is -2.19. The summed E-state index contributed by atoms with van der Waals surface area (Å²) in [5, 5.41) is 0. The Morgan fingerprint density at radius 2 is 2.05 bits per heavy atom. The highest BCUT2D eigenvalue weighted by Gasteiger charge is 2.06. The minimum absolute atomic E-state index is 0.798. The fraction of sp³-hybridized carbons (Fsp3) is 0.133. The molecule has 0 saturated heterocycles. The molecule has 19 heavy (non-hydrogen) atoms. The van der Waals surface area contributed by atoms with Gasteiger partial charge < -0.3 is 10.6 Å². The van der Waals surface area contributed by atoms with E-state index in [0.717, 1.165) is 23.7 Å². The van der Waals surface area contributed by atoms with E-state index in [4.69, 9.17) is 5.73 Å². The van der Waals surface area contributed by atoms with Crippen molar-refractivity contribution in [1.82, 2.24) is 9.38 Å². The van der Waals surface area contributed by atoms with E-state index in [2.05, 4.69) is 33.5 Å². The van der Waals surface area contributed by atoms with Crippen molar-refractivity contribution in [1.29, 1.82) is 0 Å². The summed E-state index contributed by atoms with van der Waals surface area (Å²) >= 11 is 0. The number of aromatic nitrogens is 2. The number of nitrogens with zero attached hydrogens (tertiary/aromatic N) is 3. The molecular formula is C15H16N4. The van der Waals surface area contributed by atoms with Crippen molar-refractivity contribution in [2.45, 2.75) is 6.54 Å². The molecule has 0 amide bonds. The third-order valence-corrected chi connectivity index (χ3v) is 3.17. The first-order valence-electron chi connectivity index (χ1n) is 6.22. The van der Waals surface area contributed by atoms with Gasteiger partial charge in [-0.15, -0.1) is 0 Å². The molecule has 0 spiro atoms. The van der Waals surface area contributed by atoms with Gasteiger partial charge in [-0.2, -0.15) is 0 Å². The lowest BCUT2D eigenvalue weighted by Gasteiger charge is -2.20. The number of benzene rings is 1. The summed E-state index contributed by atoms with van der Waals surface area (Å²) in [5.74, 6) is 1.11. The number of hydrogen-bond acceptors (Lipinski definition) is 3. The van der Waals surface area contributed by atoms with Crippen molar-refractivity contribution >= 4 is 17.2 Å². The summed E-state index contributed by atoms with van der Waals surface area (Å²) in [4.78, 5) is 6.48. The number of nitrogen functional groups attached to an aromatic ring is 1. The molecule has 0 aliphatic rings. The Kier molecular flexibility index (Phi) is 2.83. The van der Waals surface area contributed by atoms with Crippen molar-refractivity contribution in [2.24, 2.45) is 0 Å². The number of anilines is 2. The summed E-state index contributed by atoms with van der Waals surface area (Å²) in [7, 11) is 2.07. The van der Waals surface area contributed by atoms with Gasteiger partial charge >= 0.3 is 0 Å². The number of hydrogen-bond donors (Lipinski definition) is 1. The molecule has 2 heterocycles. The molecule has 96 valence electrons. The monoisotopic (exact) mass is 252 g/mol. The van der Waals surface area contributed by atoms with Gasteiger partial charge in [0.2, 0.25) is 0 Å². The van der Waals surface area contributed by atoms with Crippen LogP contribution in [0.15, 0.2) is 54.9 Å². The van der Waals surface area contributed by atoms with Crippen LogP contribution in [-0.4, -0.2) is 16.4 Å². The zero-order valence-corrected chi connectivity index (χ0v) is 10.8. The van der Waals surface area contributed by atoms with Crippen LogP contribution in [0, 0.1) is 0 Å². The maximum Gasteiger partial charge on any atom is 0.138 e. The zero-order chi connectivity index (χ0) is 13.2. The van der Waals surface area contributed by atoms with E-state index in [9.17, 15) is 0 Å². The molecule has 0 saturated carbocycles. The lowest BCUT2D eigenvalue weighted by atomic mass is 10.2. The van der Waals surface area contributed by atoms with Gasteiger partial charge in [0, 0.05) is 31.7 Å². The molecule has 0 radical (unpaired) electrons. The standard InChI is InChI=1S/C15H16N4/c1-18(11-12-4-2-5-13(16)10-12)15-7-3-6-14-17-8-9-19(14)15/h2-10H,11,16H2,1H3. The summed E-state index contributed by atoms with van der Waals surface area (Å²) in [6, 6.07) is 14.1. The van der Waals surface area contributed by atoms with Crippen LogP contribution in [-0.2, 0) is 6.54 Å². The summed E-state index contributed by atoms with van der Waals surface area (Å²) in [6.45, 7) is 0.808. The van der Waals surface area contributed by atoms with Crippen molar-refractivity contribution in [3.05, 3.63) is 60.4 Å². The molecule has 4 nitrogen and oxygen atoms in total. The molecule has 0 unspecified atom stereocenters. The molecule has 0 aliphatic carbocycles. The second-order valence-corrected chi connectivity index (χ2v) is 4.64. The van der Waals surface area contributed by atoms with Gasteiger partial charge in [-0.3, -0.25) is 4.40 Å². The highest BCUT2D eigenvalue weighted by Crippen LogP contribution is 2.18. The van der Waals surface area contributed by atoms with E-state index < -0.39 is 0 Å². The van der Waals surface area contributed by atoms with E-state index in [1.807, 2.05) is 42.7 Å². The second-order valence-electron chi connectivity index (χ2n) is 4.64. The van der Waals surface area contributed by atoms with E-state index >= 15 is 0 Å². The average Bonchev–Trinajstić information content (AvgIpc) is 2.86. The average molecular weight is 252 g/mol. The van der Waals surface area contributed by atoms with Crippen LogP contribution in [0.5, 0.6) is 0 Å². The number of fused-ring (bicyclic) bond motifs is 1. The summed E-state index contributed by atoms with van der Waals surface area (Å²) < 4.78 is 2.08. The van der Waals surface area contributed by atoms with Crippen LogP contribution in [0.4, 0.5) is 11.5 Å². The lowest BCUT2D eigenvalue weighted by molar-refractivity contribution is 0.884. The van der Waals surface area contributed by atoms with Crippen LogP contribution in [0.3, 0.4) is 0 Å². The van der Waals surface area contributed by atoms with Gasteiger partial charge in [0.05, 0.1) is 0 Å². The SMILES string of the molecule is CN(Cc1cccc(N)c1)c1cccc2nccn12. The van der Waals surface area contributed by atoms with Crippen LogP contribution < -0.4 is 10.6 Å². The highest BCUT2D eigenvalue weighted by molar-refractivity contribution is 5.52. The quantitative estimate of drug-likeness (QED) is 0.729. The third-order valence-electron chi connectivity index (χ3n) is 3.17.